The summed E-state index contributed by atoms with van der Waals surface area (Å²) < 4.78 is 55.8. The van der Waals surface area contributed by atoms with Crippen LogP contribution < -0.4 is 0 Å². The lowest BCUT2D eigenvalue weighted by Gasteiger charge is -2.21. The van der Waals surface area contributed by atoms with Crippen molar-refractivity contribution in [3.8, 4) is 0 Å². The van der Waals surface area contributed by atoms with E-state index in [1.165, 1.54) is 12.1 Å². The molecule has 4 nitrogen and oxygen atoms in total. The Labute approximate surface area is 118 Å². The lowest BCUT2D eigenvalue weighted by Crippen LogP contribution is -2.35. The van der Waals surface area contributed by atoms with Crippen LogP contribution in [-0.4, -0.2) is 40.9 Å². The first-order valence-corrected chi connectivity index (χ1v) is 6.32. The van der Waals surface area contributed by atoms with Gasteiger partial charge in [-0.1, -0.05) is 0 Å². The molecule has 2 rings (SSSR count). The van der Waals surface area contributed by atoms with Gasteiger partial charge in [0.05, 0.1) is 13.1 Å². The van der Waals surface area contributed by atoms with Gasteiger partial charge in [0.1, 0.15) is 11.3 Å². The lowest BCUT2D eigenvalue weighted by atomic mass is 10.3. The molecule has 8 heteroatoms. The molecule has 1 heterocycles. The van der Waals surface area contributed by atoms with E-state index in [9.17, 15) is 17.6 Å². The van der Waals surface area contributed by atoms with Crippen LogP contribution in [0.2, 0.25) is 0 Å². The molecule has 0 unspecified atom stereocenters. The van der Waals surface area contributed by atoms with Gasteiger partial charge in [-0.3, -0.25) is 4.90 Å². The van der Waals surface area contributed by atoms with Crippen LogP contribution in [0, 0.1) is 5.82 Å². The molecule has 0 aliphatic rings. The minimum atomic E-state index is -4.35. The largest absolute Gasteiger partial charge is 0.439 e. The number of halogens is 4. The van der Waals surface area contributed by atoms with Crippen LogP contribution >= 0.6 is 0 Å². The van der Waals surface area contributed by atoms with Crippen LogP contribution in [-0.2, 0) is 6.54 Å². The Bertz CT molecular complexity index is 597. The van der Waals surface area contributed by atoms with Crippen LogP contribution in [0.15, 0.2) is 22.6 Å². The average molecular weight is 306 g/mol. The van der Waals surface area contributed by atoms with Gasteiger partial charge in [0.25, 0.3) is 0 Å². The van der Waals surface area contributed by atoms with Gasteiger partial charge in [-0.2, -0.15) is 13.2 Å². The molecule has 0 saturated heterocycles. The Morgan fingerprint density at radius 1 is 1.29 bits per heavy atom. The molecule has 1 aromatic heterocycles. The van der Waals surface area contributed by atoms with Crippen molar-refractivity contribution in [2.75, 3.05) is 19.7 Å². The Hall–Kier alpha value is -1.67. The second-order valence-electron chi connectivity index (χ2n) is 4.62. The number of rotatable bonds is 6. The number of benzene rings is 1. The smallest absolute Gasteiger partial charge is 0.401 e. The number of alkyl halides is 3. The molecule has 2 aromatic rings. The molecule has 0 aliphatic heterocycles. The molecular weight excluding hydrogens is 292 g/mol. The van der Waals surface area contributed by atoms with E-state index in [0.29, 0.717) is 5.58 Å². The van der Waals surface area contributed by atoms with Crippen LogP contribution in [0.3, 0.4) is 0 Å². The van der Waals surface area contributed by atoms with E-state index in [-0.39, 0.29) is 37.5 Å². The van der Waals surface area contributed by atoms with Crippen molar-refractivity contribution >= 4 is 11.1 Å². The molecule has 0 bridgehead atoms. The molecule has 116 valence electrons. The summed E-state index contributed by atoms with van der Waals surface area (Å²) in [6, 6.07) is 3.73. The van der Waals surface area contributed by atoms with Gasteiger partial charge in [-0.25, -0.2) is 9.37 Å². The highest BCUT2D eigenvalue weighted by Crippen LogP contribution is 2.21. The highest BCUT2D eigenvalue weighted by molar-refractivity contribution is 5.72. The Morgan fingerprint density at radius 3 is 2.71 bits per heavy atom. The minimum absolute atomic E-state index is 0.0586. The zero-order valence-electron chi connectivity index (χ0n) is 11.0. The highest BCUT2D eigenvalue weighted by atomic mass is 19.4. The monoisotopic (exact) mass is 306 g/mol. The van der Waals surface area contributed by atoms with Crippen molar-refractivity contribution in [1.82, 2.24) is 9.88 Å². The average Bonchev–Trinajstić information content (AvgIpc) is 2.75. The number of fused-ring (bicyclic) bond motifs is 1. The van der Waals surface area contributed by atoms with Gasteiger partial charge >= 0.3 is 6.18 Å². The minimum Gasteiger partial charge on any atom is -0.439 e. The molecule has 1 aromatic carbocycles. The molecule has 0 amide bonds. The van der Waals surface area contributed by atoms with E-state index >= 15 is 0 Å². The molecule has 1 N–H and O–H groups in total. The fourth-order valence-electron chi connectivity index (χ4n) is 1.97. The molecule has 0 saturated carbocycles. The quantitative estimate of drug-likeness (QED) is 0.834. The highest BCUT2D eigenvalue weighted by Gasteiger charge is 2.31. The normalized spacial score (nSPS) is 12.5. The molecular formula is C13H14F4N2O2. The molecule has 21 heavy (non-hydrogen) atoms. The van der Waals surface area contributed by atoms with Gasteiger partial charge in [-0.05, 0) is 18.6 Å². The van der Waals surface area contributed by atoms with Crippen molar-refractivity contribution in [2.24, 2.45) is 0 Å². The number of hydrogen-bond donors (Lipinski definition) is 1. The van der Waals surface area contributed by atoms with Gasteiger partial charge in [0, 0.05) is 19.2 Å². The van der Waals surface area contributed by atoms with Gasteiger partial charge < -0.3 is 9.52 Å². The Balaban J connectivity index is 2.13. The summed E-state index contributed by atoms with van der Waals surface area (Å²) in [4.78, 5) is 5.05. The summed E-state index contributed by atoms with van der Waals surface area (Å²) in [6.07, 6.45) is -4.14. The second kappa shape index (κ2) is 6.40. The van der Waals surface area contributed by atoms with Crippen molar-refractivity contribution in [2.45, 2.75) is 19.1 Å². The molecule has 0 spiro atoms. The summed E-state index contributed by atoms with van der Waals surface area (Å²) in [7, 11) is 0. The Morgan fingerprint density at radius 2 is 2.05 bits per heavy atom. The summed E-state index contributed by atoms with van der Waals surface area (Å²) >= 11 is 0. The SMILES string of the molecule is OCCCN(Cc1nc2cc(F)ccc2o1)CC(F)(F)F. The number of hydrogen-bond acceptors (Lipinski definition) is 4. The maximum absolute atomic E-state index is 13.0. The number of aliphatic hydroxyl groups excluding tert-OH is 1. The van der Waals surface area contributed by atoms with Gasteiger partial charge in [0.15, 0.2) is 5.58 Å². The first-order valence-electron chi connectivity index (χ1n) is 6.32. The predicted molar refractivity (Wildman–Crippen MR) is 67.0 cm³/mol. The summed E-state index contributed by atoms with van der Waals surface area (Å²) in [6.45, 7) is -1.42. The zero-order valence-corrected chi connectivity index (χ0v) is 11.0. The standard InChI is InChI=1S/C13H14F4N2O2/c14-9-2-3-11-10(6-9)18-12(21-11)7-19(4-1-5-20)8-13(15,16)17/h2-3,6,20H,1,4-5,7-8H2. The first-order chi connectivity index (χ1) is 9.87. The second-order valence-corrected chi connectivity index (χ2v) is 4.62. The Kier molecular flexibility index (Phi) is 4.79. The van der Waals surface area contributed by atoms with Crippen molar-refractivity contribution < 1.29 is 27.1 Å². The topological polar surface area (TPSA) is 49.5 Å². The van der Waals surface area contributed by atoms with Crippen molar-refractivity contribution in [3.05, 3.63) is 29.9 Å². The fraction of sp³-hybridized carbons (Fsp3) is 0.462. The molecule has 0 aliphatic carbocycles. The third kappa shape index (κ3) is 4.68. The predicted octanol–water partition coefficient (Wildman–Crippen LogP) is 2.71. The third-order valence-electron chi connectivity index (χ3n) is 2.79. The van der Waals surface area contributed by atoms with Crippen LogP contribution in [0.1, 0.15) is 12.3 Å². The van der Waals surface area contributed by atoms with Crippen LogP contribution in [0.25, 0.3) is 11.1 Å². The molecule has 0 radical (unpaired) electrons. The maximum Gasteiger partial charge on any atom is 0.401 e. The van der Waals surface area contributed by atoms with E-state index < -0.39 is 18.5 Å². The summed E-state index contributed by atoms with van der Waals surface area (Å²) in [5.41, 5.74) is 0.583. The van der Waals surface area contributed by atoms with Crippen LogP contribution in [0.4, 0.5) is 17.6 Å². The maximum atomic E-state index is 13.0. The van der Waals surface area contributed by atoms with E-state index in [4.69, 9.17) is 9.52 Å². The van der Waals surface area contributed by atoms with Crippen molar-refractivity contribution in [3.63, 3.8) is 0 Å². The van der Waals surface area contributed by atoms with E-state index in [2.05, 4.69) is 4.98 Å². The van der Waals surface area contributed by atoms with E-state index in [1.807, 2.05) is 0 Å². The number of nitrogens with zero attached hydrogens (tertiary/aromatic N) is 2. The number of aliphatic hydroxyl groups is 1. The third-order valence-corrected chi connectivity index (χ3v) is 2.79. The lowest BCUT2D eigenvalue weighted by molar-refractivity contribution is -0.148. The summed E-state index contributed by atoms with van der Waals surface area (Å²) in [5.74, 6) is -0.410. The molecule has 0 atom stereocenters. The first kappa shape index (κ1) is 15.7. The molecule has 0 fully saturated rings. The van der Waals surface area contributed by atoms with Gasteiger partial charge in [0.2, 0.25) is 5.89 Å². The van der Waals surface area contributed by atoms with Crippen molar-refractivity contribution in [1.29, 1.82) is 0 Å². The number of oxazole rings is 1. The fourth-order valence-corrected chi connectivity index (χ4v) is 1.97. The van der Waals surface area contributed by atoms with Crippen LogP contribution in [0.5, 0.6) is 0 Å². The number of aromatic nitrogens is 1. The summed E-state index contributed by atoms with van der Waals surface area (Å²) in [5, 5.41) is 8.74. The zero-order chi connectivity index (χ0) is 15.5. The van der Waals surface area contributed by atoms with E-state index in [0.717, 1.165) is 11.0 Å². The van der Waals surface area contributed by atoms with Gasteiger partial charge in [-0.15, -0.1) is 0 Å². The van der Waals surface area contributed by atoms with E-state index in [1.54, 1.807) is 0 Å².